The van der Waals surface area contributed by atoms with Crippen molar-refractivity contribution in [1.82, 2.24) is 19.6 Å². The Hall–Kier alpha value is -1.48. The molecule has 0 aromatic heterocycles. The Morgan fingerprint density at radius 2 is 0.933 bits per heavy atom. The quantitative estimate of drug-likeness (QED) is 0.349. The van der Waals surface area contributed by atoms with Crippen molar-refractivity contribution in [3.63, 3.8) is 0 Å². The molecule has 0 saturated carbocycles. The Morgan fingerprint density at radius 3 is 1.30 bits per heavy atom. The number of carbonyl (C=O) groups excluding carboxylic acids is 4. The second kappa shape index (κ2) is 13.0. The lowest BCUT2D eigenvalue weighted by Gasteiger charge is -2.42. The van der Waals surface area contributed by atoms with E-state index in [1.807, 2.05) is 6.92 Å². The molecular formula is C22H38N4O4. The maximum atomic E-state index is 12.0. The number of hydrogen-bond acceptors (Lipinski definition) is 8. The van der Waals surface area contributed by atoms with Gasteiger partial charge in [0.05, 0.1) is 26.7 Å². The van der Waals surface area contributed by atoms with E-state index in [0.29, 0.717) is 57.1 Å². The fourth-order valence-corrected chi connectivity index (χ4v) is 3.69. The van der Waals surface area contributed by atoms with Crippen LogP contribution in [0.2, 0.25) is 0 Å². The fraction of sp³-hybridized carbons (Fsp3) is 0.818. The topological polar surface area (TPSA) is 81.2 Å². The van der Waals surface area contributed by atoms with Crippen LogP contribution in [0.5, 0.6) is 0 Å². The van der Waals surface area contributed by atoms with Crippen LogP contribution in [-0.4, -0.2) is 95.6 Å². The monoisotopic (exact) mass is 422 g/mol. The van der Waals surface area contributed by atoms with Gasteiger partial charge in [0.2, 0.25) is 0 Å². The molecule has 0 N–H and O–H groups in total. The average Bonchev–Trinajstić information content (AvgIpc) is 2.64. The van der Waals surface area contributed by atoms with Gasteiger partial charge in [0.1, 0.15) is 23.1 Å². The van der Waals surface area contributed by atoms with Gasteiger partial charge in [-0.1, -0.05) is 6.92 Å². The Labute approximate surface area is 180 Å². The second-order valence-electron chi connectivity index (χ2n) is 8.67. The maximum Gasteiger partial charge on any atom is 0.134 e. The zero-order valence-electron chi connectivity index (χ0n) is 18.7. The Kier molecular flexibility index (Phi) is 10.8. The van der Waals surface area contributed by atoms with Crippen molar-refractivity contribution in [2.24, 2.45) is 0 Å². The van der Waals surface area contributed by atoms with E-state index in [4.69, 9.17) is 0 Å². The minimum absolute atomic E-state index is 0.213. The van der Waals surface area contributed by atoms with Crippen LogP contribution in [0, 0.1) is 0 Å². The third kappa shape index (κ3) is 9.55. The van der Waals surface area contributed by atoms with Crippen LogP contribution >= 0.6 is 0 Å². The summed E-state index contributed by atoms with van der Waals surface area (Å²) in [7, 11) is 0. The molecule has 0 bridgehead atoms. The van der Waals surface area contributed by atoms with E-state index in [9.17, 15) is 19.2 Å². The summed E-state index contributed by atoms with van der Waals surface area (Å²) in [6, 6.07) is 0. The Balaban J connectivity index is 1.40. The maximum absolute atomic E-state index is 12.0. The minimum atomic E-state index is 0.213. The highest BCUT2D eigenvalue weighted by Crippen LogP contribution is 2.13. The molecule has 0 unspecified atom stereocenters. The number of hydrogen-bond donors (Lipinski definition) is 0. The van der Waals surface area contributed by atoms with Gasteiger partial charge in [0, 0.05) is 71.1 Å². The molecule has 2 fully saturated rings. The molecule has 0 radical (unpaired) electrons. The zero-order valence-corrected chi connectivity index (χ0v) is 18.7. The molecule has 0 amide bonds. The molecule has 0 aliphatic carbocycles. The molecule has 8 nitrogen and oxygen atoms in total. The molecular weight excluding hydrogens is 384 g/mol. The van der Waals surface area contributed by atoms with Gasteiger partial charge in [0.25, 0.3) is 0 Å². The van der Waals surface area contributed by atoms with E-state index in [0.717, 1.165) is 52.9 Å². The smallest absolute Gasteiger partial charge is 0.134 e. The van der Waals surface area contributed by atoms with Crippen LogP contribution in [0.1, 0.15) is 65.2 Å². The molecule has 0 atom stereocenters. The summed E-state index contributed by atoms with van der Waals surface area (Å²) in [6.07, 6.45) is 4.51. The summed E-state index contributed by atoms with van der Waals surface area (Å²) in [5.41, 5.74) is 0. The predicted molar refractivity (Wildman–Crippen MR) is 115 cm³/mol. The third-order valence-electron chi connectivity index (χ3n) is 5.81. The molecule has 2 aliphatic heterocycles. The fourth-order valence-electron chi connectivity index (χ4n) is 3.69. The molecule has 2 aliphatic rings. The van der Waals surface area contributed by atoms with Crippen molar-refractivity contribution < 1.29 is 19.2 Å². The molecule has 2 saturated heterocycles. The van der Waals surface area contributed by atoms with Crippen molar-refractivity contribution >= 4 is 23.1 Å². The highest BCUT2D eigenvalue weighted by molar-refractivity contribution is 5.81. The van der Waals surface area contributed by atoms with Gasteiger partial charge in [-0.3, -0.25) is 38.8 Å². The van der Waals surface area contributed by atoms with Crippen LogP contribution < -0.4 is 0 Å². The largest absolute Gasteiger partial charge is 0.300 e. The molecule has 30 heavy (non-hydrogen) atoms. The van der Waals surface area contributed by atoms with Crippen LogP contribution in [0.25, 0.3) is 0 Å². The van der Waals surface area contributed by atoms with E-state index in [1.54, 1.807) is 6.92 Å². The number of ketones is 4. The number of rotatable bonds is 17. The first kappa shape index (κ1) is 24.8. The van der Waals surface area contributed by atoms with Gasteiger partial charge < -0.3 is 0 Å². The normalized spacial score (nSPS) is 18.1. The minimum Gasteiger partial charge on any atom is -0.300 e. The molecule has 8 heteroatoms. The number of Topliss-reactive ketones (excluding diaryl/α,β-unsaturated/α-hetero) is 4. The highest BCUT2D eigenvalue weighted by atomic mass is 16.1. The van der Waals surface area contributed by atoms with Crippen LogP contribution in [0.3, 0.4) is 0 Å². The van der Waals surface area contributed by atoms with Crippen molar-refractivity contribution in [2.75, 3.05) is 52.9 Å². The van der Waals surface area contributed by atoms with Crippen LogP contribution in [0.15, 0.2) is 0 Å². The van der Waals surface area contributed by atoms with E-state index in [2.05, 4.69) is 19.6 Å². The first-order valence-electron chi connectivity index (χ1n) is 11.3. The lowest BCUT2D eigenvalue weighted by atomic mass is 10.1. The number of nitrogens with zero attached hydrogens (tertiary/aromatic N) is 4. The first-order chi connectivity index (χ1) is 14.4. The molecule has 170 valence electrons. The summed E-state index contributed by atoms with van der Waals surface area (Å²) in [4.78, 5) is 55.2. The third-order valence-corrected chi connectivity index (χ3v) is 5.81. The Bertz CT molecular complexity index is 598. The lowest BCUT2D eigenvalue weighted by molar-refractivity contribution is -0.122. The van der Waals surface area contributed by atoms with E-state index in [1.165, 1.54) is 0 Å². The molecule has 0 spiro atoms. The van der Waals surface area contributed by atoms with Gasteiger partial charge in [-0.2, -0.15) is 0 Å². The lowest BCUT2D eigenvalue weighted by Crippen LogP contribution is -2.55. The van der Waals surface area contributed by atoms with Crippen LogP contribution in [0.4, 0.5) is 0 Å². The number of carbonyl (C=O) groups is 4. The summed E-state index contributed by atoms with van der Waals surface area (Å²) >= 11 is 0. The summed E-state index contributed by atoms with van der Waals surface area (Å²) < 4.78 is 0. The summed E-state index contributed by atoms with van der Waals surface area (Å²) in [5.74, 6) is 0.969. The second-order valence-corrected chi connectivity index (χ2v) is 8.67. The van der Waals surface area contributed by atoms with Gasteiger partial charge in [-0.15, -0.1) is 0 Å². The molecule has 2 rings (SSSR count). The van der Waals surface area contributed by atoms with E-state index < -0.39 is 0 Å². The standard InChI is InChI=1S/C22H38N4O4/c1-3-20(28)8-12-24-17-26(18-24)14-10-22(30)6-4-5-21(29)9-13-25-15-23(16-25)11-7-19(2)27/h3-18H2,1-2H3. The molecule has 0 aromatic carbocycles. The molecule has 0 aromatic rings. The molecule has 2 heterocycles. The summed E-state index contributed by atoms with van der Waals surface area (Å²) in [5, 5.41) is 0. The van der Waals surface area contributed by atoms with Gasteiger partial charge in [-0.25, -0.2) is 0 Å². The van der Waals surface area contributed by atoms with Gasteiger partial charge >= 0.3 is 0 Å². The van der Waals surface area contributed by atoms with Crippen molar-refractivity contribution in [3.8, 4) is 0 Å². The predicted octanol–water partition coefficient (Wildman–Crippen LogP) is 1.49. The highest BCUT2D eigenvalue weighted by Gasteiger charge is 2.25. The average molecular weight is 423 g/mol. The van der Waals surface area contributed by atoms with Crippen LogP contribution in [-0.2, 0) is 19.2 Å². The Morgan fingerprint density at radius 1 is 0.567 bits per heavy atom. The van der Waals surface area contributed by atoms with Gasteiger partial charge in [0.15, 0.2) is 0 Å². The zero-order chi connectivity index (χ0) is 21.9. The van der Waals surface area contributed by atoms with Crippen molar-refractivity contribution in [1.29, 1.82) is 0 Å². The van der Waals surface area contributed by atoms with E-state index in [-0.39, 0.29) is 17.3 Å². The summed E-state index contributed by atoms with van der Waals surface area (Å²) in [6.45, 7) is 9.99. The van der Waals surface area contributed by atoms with Gasteiger partial charge in [-0.05, 0) is 13.3 Å². The SMILES string of the molecule is CCC(=O)CCN1CN(CCC(=O)CCCC(=O)CCN2CN(CCC(C)=O)C2)C1. The van der Waals surface area contributed by atoms with Crippen molar-refractivity contribution in [3.05, 3.63) is 0 Å². The first-order valence-corrected chi connectivity index (χ1v) is 11.3. The van der Waals surface area contributed by atoms with E-state index >= 15 is 0 Å². The van der Waals surface area contributed by atoms with Crippen molar-refractivity contribution in [2.45, 2.75) is 65.2 Å².